The first-order chi connectivity index (χ1) is 6.17. The topological polar surface area (TPSA) is 29.5 Å². The van der Waals surface area contributed by atoms with E-state index in [4.69, 9.17) is 4.74 Å². The predicted octanol–water partition coefficient (Wildman–Crippen LogP) is 2.35. The molecule has 0 saturated heterocycles. The molecule has 0 radical (unpaired) electrons. The zero-order valence-electron chi connectivity index (χ0n) is 8.88. The molecule has 0 amide bonds. The largest absolute Gasteiger partial charge is 0.387 e. The Hall–Kier alpha value is -0.0800. The van der Waals surface area contributed by atoms with Crippen LogP contribution in [0.25, 0.3) is 0 Å². The molecule has 1 rings (SSSR count). The minimum Gasteiger partial charge on any atom is -0.387 e. The normalized spacial score (nSPS) is 24.2. The lowest BCUT2D eigenvalue weighted by Gasteiger charge is -2.35. The van der Waals surface area contributed by atoms with E-state index in [0.717, 1.165) is 0 Å². The average molecular weight is 186 g/mol. The van der Waals surface area contributed by atoms with E-state index >= 15 is 0 Å². The van der Waals surface area contributed by atoms with Crippen LogP contribution in [0, 0.1) is 5.92 Å². The summed E-state index contributed by atoms with van der Waals surface area (Å²) in [5.74, 6) is 0.452. The molecular weight excluding hydrogens is 164 g/mol. The predicted molar refractivity (Wildman–Crippen MR) is 53.7 cm³/mol. The van der Waals surface area contributed by atoms with Crippen molar-refractivity contribution < 1.29 is 9.84 Å². The summed E-state index contributed by atoms with van der Waals surface area (Å²) in [5, 5.41) is 10.1. The zero-order valence-corrected chi connectivity index (χ0v) is 8.88. The molecule has 78 valence electrons. The van der Waals surface area contributed by atoms with Gasteiger partial charge in [0.1, 0.15) is 0 Å². The molecule has 0 aromatic rings. The highest BCUT2D eigenvalue weighted by Gasteiger charge is 2.32. The highest BCUT2D eigenvalue weighted by molar-refractivity contribution is 4.83. The van der Waals surface area contributed by atoms with E-state index in [1.54, 1.807) is 0 Å². The van der Waals surface area contributed by atoms with Gasteiger partial charge in [-0.15, -0.1) is 0 Å². The van der Waals surface area contributed by atoms with E-state index in [1.165, 1.54) is 32.1 Å². The fourth-order valence-electron chi connectivity index (χ4n) is 2.15. The number of rotatable bonds is 4. The molecule has 1 atom stereocenters. The first kappa shape index (κ1) is 11.0. The molecule has 0 bridgehead atoms. The van der Waals surface area contributed by atoms with E-state index in [9.17, 15) is 5.11 Å². The Morgan fingerprint density at radius 3 is 2.46 bits per heavy atom. The Morgan fingerprint density at radius 2 is 1.92 bits per heavy atom. The van der Waals surface area contributed by atoms with Crippen LogP contribution in [0.5, 0.6) is 0 Å². The van der Waals surface area contributed by atoms with Gasteiger partial charge in [-0.05, 0) is 32.6 Å². The second kappa shape index (κ2) is 4.97. The minimum absolute atomic E-state index is 0.452. The van der Waals surface area contributed by atoms with Crippen molar-refractivity contribution in [1.82, 2.24) is 0 Å². The number of hydrogen-bond donors (Lipinski definition) is 1. The van der Waals surface area contributed by atoms with Crippen LogP contribution >= 0.6 is 0 Å². The van der Waals surface area contributed by atoms with Gasteiger partial charge in [0.2, 0.25) is 0 Å². The highest BCUT2D eigenvalue weighted by atomic mass is 16.5. The monoisotopic (exact) mass is 186 g/mol. The van der Waals surface area contributed by atoms with Gasteiger partial charge in [-0.2, -0.15) is 0 Å². The molecule has 0 spiro atoms. The van der Waals surface area contributed by atoms with E-state index in [-0.39, 0.29) is 0 Å². The van der Waals surface area contributed by atoms with Gasteiger partial charge in [-0.25, -0.2) is 0 Å². The number of aliphatic hydroxyl groups is 1. The third-order valence-corrected chi connectivity index (χ3v) is 3.08. The molecule has 0 aliphatic heterocycles. The number of hydrogen-bond acceptors (Lipinski definition) is 2. The Morgan fingerprint density at radius 1 is 1.31 bits per heavy atom. The molecule has 1 unspecified atom stereocenters. The Bertz CT molecular complexity index is 137. The molecule has 1 aliphatic rings. The van der Waals surface area contributed by atoms with Crippen molar-refractivity contribution in [2.45, 2.75) is 51.6 Å². The first-order valence-corrected chi connectivity index (χ1v) is 5.47. The fraction of sp³-hybridized carbons (Fsp3) is 1.00. The maximum absolute atomic E-state index is 10.1. The van der Waals surface area contributed by atoms with Crippen molar-refractivity contribution in [2.24, 2.45) is 5.92 Å². The van der Waals surface area contributed by atoms with Crippen LogP contribution in [0.4, 0.5) is 0 Å². The maximum atomic E-state index is 10.1. The summed E-state index contributed by atoms with van der Waals surface area (Å²) in [7, 11) is 0. The maximum Gasteiger partial charge on any atom is 0.0880 e. The third-order valence-electron chi connectivity index (χ3n) is 3.08. The van der Waals surface area contributed by atoms with E-state index in [2.05, 4.69) is 0 Å². The van der Waals surface area contributed by atoms with Crippen LogP contribution < -0.4 is 0 Å². The van der Waals surface area contributed by atoms with Crippen molar-refractivity contribution in [2.75, 3.05) is 13.2 Å². The number of ether oxygens (including phenoxy) is 1. The van der Waals surface area contributed by atoms with E-state index in [0.29, 0.717) is 19.1 Å². The second-order valence-corrected chi connectivity index (χ2v) is 4.33. The van der Waals surface area contributed by atoms with Crippen molar-refractivity contribution in [1.29, 1.82) is 0 Å². The summed E-state index contributed by atoms with van der Waals surface area (Å²) < 4.78 is 5.30. The van der Waals surface area contributed by atoms with Crippen LogP contribution in [-0.4, -0.2) is 23.9 Å². The molecule has 1 aliphatic carbocycles. The SMILES string of the molecule is CCOCC(C)(O)C1CCCCC1. The van der Waals surface area contributed by atoms with Crippen LogP contribution in [0.15, 0.2) is 0 Å². The van der Waals surface area contributed by atoms with E-state index < -0.39 is 5.60 Å². The van der Waals surface area contributed by atoms with Gasteiger partial charge in [-0.3, -0.25) is 0 Å². The van der Waals surface area contributed by atoms with Crippen LogP contribution in [-0.2, 0) is 4.74 Å². The minimum atomic E-state index is -0.601. The Kier molecular flexibility index (Phi) is 4.20. The van der Waals surface area contributed by atoms with Gasteiger partial charge in [0.15, 0.2) is 0 Å². The van der Waals surface area contributed by atoms with Gasteiger partial charge in [0, 0.05) is 6.61 Å². The van der Waals surface area contributed by atoms with Gasteiger partial charge in [0.25, 0.3) is 0 Å². The zero-order chi connectivity index (χ0) is 9.73. The van der Waals surface area contributed by atoms with Crippen LogP contribution in [0.3, 0.4) is 0 Å². The quantitative estimate of drug-likeness (QED) is 0.730. The average Bonchev–Trinajstić information content (AvgIpc) is 2.16. The molecule has 1 N–H and O–H groups in total. The lowest BCUT2D eigenvalue weighted by molar-refractivity contribution is -0.0787. The molecule has 1 saturated carbocycles. The smallest absolute Gasteiger partial charge is 0.0880 e. The van der Waals surface area contributed by atoms with Crippen LogP contribution in [0.2, 0.25) is 0 Å². The lowest BCUT2D eigenvalue weighted by atomic mass is 9.78. The molecule has 0 heterocycles. The summed E-state index contributed by atoms with van der Waals surface area (Å²) in [6, 6.07) is 0. The standard InChI is InChI=1S/C11H22O2/c1-3-13-9-11(2,12)10-7-5-4-6-8-10/h10,12H,3-9H2,1-2H3. The van der Waals surface area contributed by atoms with Gasteiger partial charge >= 0.3 is 0 Å². The van der Waals surface area contributed by atoms with E-state index in [1.807, 2.05) is 13.8 Å². The molecule has 0 aromatic heterocycles. The summed E-state index contributed by atoms with van der Waals surface area (Å²) >= 11 is 0. The molecule has 2 heteroatoms. The van der Waals surface area contributed by atoms with Crippen molar-refractivity contribution in [3.8, 4) is 0 Å². The van der Waals surface area contributed by atoms with Crippen molar-refractivity contribution in [3.63, 3.8) is 0 Å². The summed E-state index contributed by atoms with van der Waals surface area (Å²) in [5.41, 5.74) is -0.601. The molecule has 1 fully saturated rings. The summed E-state index contributed by atoms with van der Waals surface area (Å²) in [6.07, 6.45) is 6.21. The summed E-state index contributed by atoms with van der Waals surface area (Å²) in [6.45, 7) is 5.08. The van der Waals surface area contributed by atoms with Gasteiger partial charge < -0.3 is 9.84 Å². The fourth-order valence-corrected chi connectivity index (χ4v) is 2.15. The molecule has 13 heavy (non-hydrogen) atoms. The summed E-state index contributed by atoms with van der Waals surface area (Å²) in [4.78, 5) is 0. The van der Waals surface area contributed by atoms with Gasteiger partial charge in [0.05, 0.1) is 12.2 Å². The third kappa shape index (κ3) is 3.28. The molecule has 0 aromatic carbocycles. The second-order valence-electron chi connectivity index (χ2n) is 4.33. The van der Waals surface area contributed by atoms with Gasteiger partial charge in [-0.1, -0.05) is 19.3 Å². The van der Waals surface area contributed by atoms with Crippen molar-refractivity contribution >= 4 is 0 Å². The Labute approximate surface area is 81.3 Å². The molecular formula is C11H22O2. The Balaban J connectivity index is 2.36. The highest BCUT2D eigenvalue weighted by Crippen LogP contribution is 2.32. The molecule has 2 nitrogen and oxygen atoms in total. The van der Waals surface area contributed by atoms with Crippen molar-refractivity contribution in [3.05, 3.63) is 0 Å². The first-order valence-electron chi connectivity index (χ1n) is 5.47. The lowest BCUT2D eigenvalue weighted by Crippen LogP contribution is -2.40. The van der Waals surface area contributed by atoms with Crippen LogP contribution in [0.1, 0.15) is 46.0 Å².